The zero-order valence-corrected chi connectivity index (χ0v) is 12.5. The molecule has 2 rings (SSSR count). The summed E-state index contributed by atoms with van der Waals surface area (Å²) in [7, 11) is 0. The molecular weight excluding hydrogens is 268 g/mol. The summed E-state index contributed by atoms with van der Waals surface area (Å²) < 4.78 is 5.34. The predicted octanol–water partition coefficient (Wildman–Crippen LogP) is 1.98. The fourth-order valence-corrected chi connectivity index (χ4v) is 2.54. The maximum atomic E-state index is 12.2. The molecule has 0 aromatic heterocycles. The van der Waals surface area contributed by atoms with Crippen LogP contribution in [0.15, 0.2) is 30.3 Å². The third-order valence-corrected chi connectivity index (χ3v) is 3.79. The number of aliphatic hydroxyl groups excluding tert-OH is 1. The van der Waals surface area contributed by atoms with Crippen molar-refractivity contribution in [3.8, 4) is 0 Å². The van der Waals surface area contributed by atoms with Gasteiger partial charge in [0.2, 0.25) is 0 Å². The molecule has 0 aliphatic carbocycles. The van der Waals surface area contributed by atoms with Crippen molar-refractivity contribution in [2.75, 3.05) is 19.8 Å². The summed E-state index contributed by atoms with van der Waals surface area (Å²) in [6.45, 7) is 3.35. The summed E-state index contributed by atoms with van der Waals surface area (Å²) in [6, 6.07) is 9.55. The number of aliphatic hydroxyl groups is 1. The Morgan fingerprint density at radius 3 is 2.81 bits per heavy atom. The Hall–Kier alpha value is -1.59. The standard InChI is InChI=1S/C16H24N2O3/c1-16(9-11-21-12-16)18-15(20)17-14(8-5-10-19)13-6-3-2-4-7-13/h2-4,6-7,14,19H,5,8-12H2,1H3,(H2,17,18,20). The Morgan fingerprint density at radius 1 is 1.43 bits per heavy atom. The second-order valence-corrected chi connectivity index (χ2v) is 5.79. The second kappa shape index (κ2) is 7.43. The molecule has 1 heterocycles. The first kappa shape index (κ1) is 15.8. The molecule has 1 aliphatic rings. The van der Waals surface area contributed by atoms with E-state index in [0.717, 1.165) is 12.0 Å². The van der Waals surface area contributed by atoms with Crippen molar-refractivity contribution in [1.29, 1.82) is 0 Å². The highest BCUT2D eigenvalue weighted by atomic mass is 16.5. The Morgan fingerprint density at radius 2 is 2.19 bits per heavy atom. The number of hydrogen-bond acceptors (Lipinski definition) is 3. The minimum Gasteiger partial charge on any atom is -0.396 e. The monoisotopic (exact) mass is 292 g/mol. The van der Waals surface area contributed by atoms with Crippen LogP contribution in [0.3, 0.4) is 0 Å². The minimum atomic E-state index is -0.289. The number of benzene rings is 1. The fourth-order valence-electron chi connectivity index (χ4n) is 2.54. The lowest BCUT2D eigenvalue weighted by Crippen LogP contribution is -2.51. The van der Waals surface area contributed by atoms with Crippen LogP contribution < -0.4 is 10.6 Å². The van der Waals surface area contributed by atoms with Crippen molar-refractivity contribution < 1.29 is 14.6 Å². The number of hydrogen-bond donors (Lipinski definition) is 3. The lowest BCUT2D eigenvalue weighted by molar-refractivity contribution is 0.169. The van der Waals surface area contributed by atoms with Gasteiger partial charge in [0.05, 0.1) is 18.2 Å². The summed E-state index contributed by atoms with van der Waals surface area (Å²) in [5.74, 6) is 0. The van der Waals surface area contributed by atoms with E-state index in [9.17, 15) is 4.79 Å². The van der Waals surface area contributed by atoms with E-state index in [1.54, 1.807) is 0 Å². The lowest BCUT2D eigenvalue weighted by Gasteiger charge is -2.26. The zero-order valence-electron chi connectivity index (χ0n) is 12.5. The van der Waals surface area contributed by atoms with Gasteiger partial charge in [-0.1, -0.05) is 30.3 Å². The summed E-state index contributed by atoms with van der Waals surface area (Å²) in [5.41, 5.74) is 0.761. The highest BCUT2D eigenvalue weighted by Crippen LogP contribution is 2.20. The van der Waals surface area contributed by atoms with Crippen molar-refractivity contribution >= 4 is 6.03 Å². The fraction of sp³-hybridized carbons (Fsp3) is 0.562. The molecule has 0 spiro atoms. The summed E-state index contributed by atoms with van der Waals surface area (Å²) in [6.07, 6.45) is 2.19. The SMILES string of the molecule is CC1(NC(=O)NC(CCCO)c2ccccc2)CCOC1. The molecule has 2 atom stereocenters. The van der Waals surface area contributed by atoms with Gasteiger partial charge in [0.1, 0.15) is 0 Å². The largest absolute Gasteiger partial charge is 0.396 e. The molecule has 0 bridgehead atoms. The van der Waals surface area contributed by atoms with Crippen LogP contribution in [0.4, 0.5) is 4.79 Å². The quantitative estimate of drug-likeness (QED) is 0.751. The molecule has 5 nitrogen and oxygen atoms in total. The normalized spacial score (nSPS) is 22.8. The van der Waals surface area contributed by atoms with Gasteiger partial charge in [-0.05, 0) is 31.7 Å². The molecule has 0 saturated carbocycles. The van der Waals surface area contributed by atoms with Crippen molar-refractivity contribution in [1.82, 2.24) is 10.6 Å². The van der Waals surface area contributed by atoms with Gasteiger partial charge in [0.15, 0.2) is 0 Å². The number of nitrogens with one attached hydrogen (secondary N) is 2. The molecule has 1 aromatic rings. The van der Waals surface area contributed by atoms with E-state index in [1.807, 2.05) is 37.3 Å². The molecule has 2 unspecified atom stereocenters. The van der Waals surface area contributed by atoms with E-state index in [2.05, 4.69) is 10.6 Å². The Labute approximate surface area is 125 Å². The Kier molecular flexibility index (Phi) is 5.59. The number of rotatable bonds is 6. The van der Waals surface area contributed by atoms with E-state index >= 15 is 0 Å². The number of ether oxygens (including phenoxy) is 1. The van der Waals surface area contributed by atoms with Gasteiger partial charge in [0.25, 0.3) is 0 Å². The van der Waals surface area contributed by atoms with Crippen LogP contribution in [0.2, 0.25) is 0 Å². The third-order valence-electron chi connectivity index (χ3n) is 3.79. The first-order chi connectivity index (χ1) is 10.1. The maximum Gasteiger partial charge on any atom is 0.315 e. The number of carbonyl (C=O) groups excluding carboxylic acids is 1. The van der Waals surface area contributed by atoms with Crippen molar-refractivity contribution in [2.24, 2.45) is 0 Å². The van der Waals surface area contributed by atoms with Gasteiger partial charge in [-0.25, -0.2) is 4.79 Å². The molecule has 5 heteroatoms. The van der Waals surface area contributed by atoms with Crippen LogP contribution in [0.5, 0.6) is 0 Å². The van der Waals surface area contributed by atoms with Crippen molar-refractivity contribution in [3.63, 3.8) is 0 Å². The second-order valence-electron chi connectivity index (χ2n) is 5.79. The smallest absolute Gasteiger partial charge is 0.315 e. The van der Waals surface area contributed by atoms with Gasteiger partial charge >= 0.3 is 6.03 Å². The number of urea groups is 1. The van der Waals surface area contributed by atoms with E-state index in [4.69, 9.17) is 9.84 Å². The molecule has 1 fully saturated rings. The van der Waals surface area contributed by atoms with Gasteiger partial charge in [-0.15, -0.1) is 0 Å². The van der Waals surface area contributed by atoms with Crippen LogP contribution >= 0.6 is 0 Å². The Bertz CT molecular complexity index is 444. The van der Waals surface area contributed by atoms with E-state index in [-0.39, 0.29) is 24.2 Å². The topological polar surface area (TPSA) is 70.6 Å². The van der Waals surface area contributed by atoms with Crippen LogP contribution in [0.25, 0.3) is 0 Å². The molecule has 21 heavy (non-hydrogen) atoms. The minimum absolute atomic E-state index is 0.0933. The third kappa shape index (κ3) is 4.72. The number of amides is 2. The molecule has 1 aromatic carbocycles. The number of carbonyl (C=O) groups is 1. The van der Waals surface area contributed by atoms with Gasteiger partial charge < -0.3 is 20.5 Å². The average molecular weight is 292 g/mol. The Balaban J connectivity index is 1.96. The van der Waals surface area contributed by atoms with Gasteiger partial charge in [-0.3, -0.25) is 0 Å². The van der Waals surface area contributed by atoms with Gasteiger partial charge in [-0.2, -0.15) is 0 Å². The summed E-state index contributed by atoms with van der Waals surface area (Å²) in [4.78, 5) is 12.2. The molecule has 1 aliphatic heterocycles. The van der Waals surface area contributed by atoms with Crippen molar-refractivity contribution in [2.45, 2.75) is 37.8 Å². The highest BCUT2D eigenvalue weighted by Gasteiger charge is 2.31. The average Bonchev–Trinajstić information content (AvgIpc) is 2.90. The van der Waals surface area contributed by atoms with Crippen LogP contribution in [-0.2, 0) is 4.74 Å². The summed E-state index contributed by atoms with van der Waals surface area (Å²) in [5, 5.41) is 15.0. The maximum absolute atomic E-state index is 12.2. The van der Waals surface area contributed by atoms with Crippen LogP contribution in [0, 0.1) is 0 Å². The predicted molar refractivity (Wildman–Crippen MR) is 81.0 cm³/mol. The van der Waals surface area contributed by atoms with Crippen molar-refractivity contribution in [3.05, 3.63) is 35.9 Å². The molecule has 1 saturated heterocycles. The first-order valence-electron chi connectivity index (χ1n) is 7.45. The van der Waals surface area contributed by atoms with E-state index in [0.29, 0.717) is 26.1 Å². The molecular formula is C16H24N2O3. The molecule has 3 N–H and O–H groups in total. The van der Waals surface area contributed by atoms with Gasteiger partial charge in [0, 0.05) is 13.2 Å². The summed E-state index contributed by atoms with van der Waals surface area (Å²) >= 11 is 0. The zero-order chi connectivity index (χ0) is 15.1. The van der Waals surface area contributed by atoms with Crippen LogP contribution in [0.1, 0.15) is 37.8 Å². The van der Waals surface area contributed by atoms with Crippen LogP contribution in [-0.4, -0.2) is 36.5 Å². The highest BCUT2D eigenvalue weighted by molar-refractivity contribution is 5.75. The lowest BCUT2D eigenvalue weighted by atomic mass is 10.0. The van der Waals surface area contributed by atoms with E-state index < -0.39 is 0 Å². The molecule has 0 radical (unpaired) electrons. The molecule has 2 amide bonds. The molecule has 116 valence electrons. The van der Waals surface area contributed by atoms with E-state index in [1.165, 1.54) is 0 Å². The first-order valence-corrected chi connectivity index (χ1v) is 7.45.